The van der Waals surface area contributed by atoms with Gasteiger partial charge in [-0.15, -0.1) is 0 Å². The van der Waals surface area contributed by atoms with Crippen LogP contribution >= 0.6 is 28.1 Å². The van der Waals surface area contributed by atoms with Crippen molar-refractivity contribution >= 4 is 39.2 Å². The molecule has 0 aromatic heterocycles. The largest absolute Gasteiger partial charge is 0.355 e. The normalized spacial score (nSPS) is 19.9. The molecule has 27 heavy (non-hydrogen) atoms. The van der Waals surface area contributed by atoms with Crippen LogP contribution in [0.3, 0.4) is 0 Å². The van der Waals surface area contributed by atoms with Crippen LogP contribution in [0.15, 0.2) is 59.1 Å². The van der Waals surface area contributed by atoms with Gasteiger partial charge < -0.3 is 5.32 Å². The number of hydrogen-bond acceptors (Lipinski definition) is 4. The summed E-state index contributed by atoms with van der Waals surface area (Å²) >= 11 is 8.73. The predicted molar refractivity (Wildman–Crippen MR) is 113 cm³/mol. The summed E-state index contributed by atoms with van der Waals surface area (Å²) in [7, 11) is 0. The van der Waals surface area contributed by atoms with Crippen molar-refractivity contribution in [2.75, 3.05) is 0 Å². The molecule has 3 rings (SSSR count). The van der Waals surface area contributed by atoms with Gasteiger partial charge in [0.2, 0.25) is 0 Å². The van der Waals surface area contributed by atoms with Crippen molar-refractivity contribution in [2.45, 2.75) is 31.5 Å². The Hall–Kier alpha value is -2.00. The fourth-order valence-corrected chi connectivity index (χ4v) is 3.58. The van der Waals surface area contributed by atoms with Crippen LogP contribution in [-0.2, 0) is 4.79 Å². The first-order valence-electron chi connectivity index (χ1n) is 8.71. The number of hydrazine groups is 2. The molecular formula is C19H22BrN5OS. The standard InChI is InChI=1S/C19H22BrN5OS/c1-12(13-6-3-2-4-7-13)21-19(27)25-24-18(26)17-11-16(22-23-17)14-8-5-9-15(20)10-14/h2-10,12,16-17,22-23H,11H2,1H3,(H,24,26)(H2,21,25,27). The Labute approximate surface area is 172 Å². The lowest BCUT2D eigenvalue weighted by Gasteiger charge is -2.18. The van der Waals surface area contributed by atoms with E-state index in [-0.39, 0.29) is 24.0 Å². The van der Waals surface area contributed by atoms with Crippen molar-refractivity contribution in [3.63, 3.8) is 0 Å². The fourth-order valence-electron chi connectivity index (χ4n) is 2.93. The molecule has 0 radical (unpaired) electrons. The Kier molecular flexibility index (Phi) is 6.78. The number of hydrogen-bond donors (Lipinski definition) is 5. The molecule has 0 bridgehead atoms. The van der Waals surface area contributed by atoms with Gasteiger partial charge in [-0.3, -0.25) is 15.6 Å². The number of thiocarbonyl (C=S) groups is 1. The molecule has 3 unspecified atom stereocenters. The van der Waals surface area contributed by atoms with E-state index in [1.807, 2.05) is 61.5 Å². The van der Waals surface area contributed by atoms with Crippen molar-refractivity contribution in [1.82, 2.24) is 27.0 Å². The lowest BCUT2D eigenvalue weighted by atomic mass is 10.0. The van der Waals surface area contributed by atoms with E-state index in [9.17, 15) is 4.79 Å². The van der Waals surface area contributed by atoms with Crippen LogP contribution in [0, 0.1) is 0 Å². The molecule has 1 saturated heterocycles. The first-order valence-corrected chi connectivity index (χ1v) is 9.91. The highest BCUT2D eigenvalue weighted by Crippen LogP contribution is 2.24. The molecular weight excluding hydrogens is 426 g/mol. The maximum absolute atomic E-state index is 12.4. The Morgan fingerprint density at radius 3 is 2.67 bits per heavy atom. The highest BCUT2D eigenvalue weighted by Gasteiger charge is 2.30. The molecule has 1 amide bonds. The average molecular weight is 448 g/mol. The third-order valence-electron chi connectivity index (χ3n) is 4.42. The molecule has 3 atom stereocenters. The van der Waals surface area contributed by atoms with E-state index in [0.717, 1.165) is 15.6 Å². The number of amides is 1. The molecule has 1 heterocycles. The van der Waals surface area contributed by atoms with Crippen molar-refractivity contribution in [3.8, 4) is 0 Å². The summed E-state index contributed by atoms with van der Waals surface area (Å²) in [4.78, 5) is 12.4. The topological polar surface area (TPSA) is 77.2 Å². The number of rotatable bonds is 4. The number of nitrogens with one attached hydrogen (secondary N) is 5. The maximum atomic E-state index is 12.4. The van der Waals surface area contributed by atoms with E-state index < -0.39 is 0 Å². The van der Waals surface area contributed by atoms with Gasteiger partial charge in [0.25, 0.3) is 5.91 Å². The van der Waals surface area contributed by atoms with Crippen LogP contribution in [0.5, 0.6) is 0 Å². The lowest BCUT2D eigenvalue weighted by molar-refractivity contribution is -0.123. The summed E-state index contributed by atoms with van der Waals surface area (Å²) in [5.74, 6) is -0.170. The summed E-state index contributed by atoms with van der Waals surface area (Å²) in [5, 5.41) is 3.52. The van der Waals surface area contributed by atoms with Gasteiger partial charge in [-0.2, -0.15) is 0 Å². The summed E-state index contributed by atoms with van der Waals surface area (Å²) in [6, 6.07) is 17.8. The molecule has 0 aliphatic carbocycles. The zero-order chi connectivity index (χ0) is 19.2. The minimum absolute atomic E-state index is 0.0373. The predicted octanol–water partition coefficient (Wildman–Crippen LogP) is 2.61. The quantitative estimate of drug-likeness (QED) is 0.366. The van der Waals surface area contributed by atoms with Gasteiger partial charge in [0.1, 0.15) is 6.04 Å². The highest BCUT2D eigenvalue weighted by molar-refractivity contribution is 9.10. The van der Waals surface area contributed by atoms with Crippen LogP contribution in [0.4, 0.5) is 0 Å². The molecule has 8 heteroatoms. The van der Waals surface area contributed by atoms with Crippen LogP contribution in [0.2, 0.25) is 0 Å². The first kappa shape index (κ1) is 19.8. The Morgan fingerprint density at radius 1 is 1.15 bits per heavy atom. The molecule has 2 aromatic carbocycles. The van der Waals surface area contributed by atoms with E-state index in [2.05, 4.69) is 42.9 Å². The van der Waals surface area contributed by atoms with E-state index in [1.54, 1.807) is 0 Å². The van der Waals surface area contributed by atoms with Crippen molar-refractivity contribution in [3.05, 3.63) is 70.2 Å². The minimum atomic E-state index is -0.351. The molecule has 1 aliphatic heterocycles. The number of carbonyl (C=O) groups excluding carboxylic acids is 1. The first-order chi connectivity index (χ1) is 13.0. The Balaban J connectivity index is 1.45. The molecule has 0 spiro atoms. The summed E-state index contributed by atoms with van der Waals surface area (Å²) < 4.78 is 1.01. The van der Waals surface area contributed by atoms with Gasteiger partial charge in [-0.25, -0.2) is 10.9 Å². The second-order valence-electron chi connectivity index (χ2n) is 6.40. The highest BCUT2D eigenvalue weighted by atomic mass is 79.9. The lowest BCUT2D eigenvalue weighted by Crippen LogP contribution is -2.52. The van der Waals surface area contributed by atoms with Gasteiger partial charge in [0.05, 0.1) is 6.04 Å². The van der Waals surface area contributed by atoms with Gasteiger partial charge >= 0.3 is 0 Å². The molecule has 6 nitrogen and oxygen atoms in total. The number of halogens is 1. The van der Waals surface area contributed by atoms with Crippen LogP contribution in [-0.4, -0.2) is 17.1 Å². The maximum Gasteiger partial charge on any atom is 0.256 e. The van der Waals surface area contributed by atoms with Gasteiger partial charge in [-0.05, 0) is 48.8 Å². The average Bonchev–Trinajstić information content (AvgIpc) is 3.17. The van der Waals surface area contributed by atoms with Crippen molar-refractivity contribution < 1.29 is 4.79 Å². The van der Waals surface area contributed by atoms with E-state index in [0.29, 0.717) is 11.5 Å². The third kappa shape index (κ3) is 5.49. The third-order valence-corrected chi connectivity index (χ3v) is 5.13. The van der Waals surface area contributed by atoms with Crippen LogP contribution in [0.1, 0.15) is 36.6 Å². The summed E-state index contributed by atoms with van der Waals surface area (Å²) in [6.45, 7) is 2.01. The summed E-state index contributed by atoms with van der Waals surface area (Å²) in [5.41, 5.74) is 13.9. The second-order valence-corrected chi connectivity index (χ2v) is 7.73. The molecule has 1 aliphatic rings. The van der Waals surface area contributed by atoms with Crippen molar-refractivity contribution in [1.29, 1.82) is 0 Å². The molecule has 5 N–H and O–H groups in total. The zero-order valence-corrected chi connectivity index (χ0v) is 17.2. The van der Waals surface area contributed by atoms with E-state index in [1.165, 1.54) is 0 Å². The minimum Gasteiger partial charge on any atom is -0.355 e. The molecule has 142 valence electrons. The number of carbonyl (C=O) groups is 1. The van der Waals surface area contributed by atoms with Crippen LogP contribution in [0.25, 0.3) is 0 Å². The Bertz CT molecular complexity index is 804. The van der Waals surface area contributed by atoms with Gasteiger partial charge in [0, 0.05) is 10.5 Å². The SMILES string of the molecule is CC(NC(=S)NNC(=O)C1CC(c2cccc(Br)c2)NN1)c1ccccc1. The van der Waals surface area contributed by atoms with E-state index >= 15 is 0 Å². The molecule has 0 saturated carbocycles. The zero-order valence-electron chi connectivity index (χ0n) is 14.8. The fraction of sp³-hybridized carbons (Fsp3) is 0.263. The van der Waals surface area contributed by atoms with E-state index in [4.69, 9.17) is 12.2 Å². The van der Waals surface area contributed by atoms with Gasteiger partial charge in [0.15, 0.2) is 5.11 Å². The molecule has 1 fully saturated rings. The molecule has 2 aromatic rings. The Morgan fingerprint density at radius 2 is 1.93 bits per heavy atom. The summed E-state index contributed by atoms with van der Waals surface area (Å²) in [6.07, 6.45) is 0.643. The number of benzene rings is 2. The smallest absolute Gasteiger partial charge is 0.256 e. The monoisotopic (exact) mass is 447 g/mol. The van der Waals surface area contributed by atoms with Crippen molar-refractivity contribution in [2.24, 2.45) is 0 Å². The van der Waals surface area contributed by atoms with Gasteiger partial charge in [-0.1, -0.05) is 58.4 Å². The second kappa shape index (κ2) is 9.27. The van der Waals surface area contributed by atoms with Crippen LogP contribution < -0.4 is 27.0 Å².